The van der Waals surface area contributed by atoms with E-state index in [1.807, 2.05) is 0 Å². The van der Waals surface area contributed by atoms with E-state index >= 15 is 0 Å². The summed E-state index contributed by atoms with van der Waals surface area (Å²) in [5.74, 6) is 0. The molecule has 0 saturated heterocycles. The molecule has 0 fully saturated rings. The molecule has 0 aliphatic carbocycles. The molecule has 2 heteroatoms. The summed E-state index contributed by atoms with van der Waals surface area (Å²) in [4.78, 5) is 0. The van der Waals surface area contributed by atoms with Crippen LogP contribution in [0.15, 0.2) is 103 Å². The smallest absolute Gasteiger partial charge is 0.0637 e. The topological polar surface area (TPSA) is 6.48 Å². The van der Waals surface area contributed by atoms with E-state index in [1.54, 1.807) is 0 Å². The predicted octanol–water partition coefficient (Wildman–Crippen LogP) is 10.5. The molecule has 4 aromatic rings. The SMILES string of the molecule is CC(C)(C)c1ccc(N(c2ccccc2)N(c2ccc(C(C)(C)C)cc2)c2ccc(C(C)(C)C)cc2)cc1. The number of anilines is 4. The Morgan fingerprint density at radius 2 is 0.553 bits per heavy atom. The maximum atomic E-state index is 2.33. The van der Waals surface area contributed by atoms with Crippen molar-refractivity contribution < 1.29 is 0 Å². The third-order valence-corrected chi connectivity index (χ3v) is 7.13. The summed E-state index contributed by atoms with van der Waals surface area (Å²) in [6, 6.07) is 37.7. The Hall–Kier alpha value is -3.52. The van der Waals surface area contributed by atoms with E-state index in [4.69, 9.17) is 0 Å². The van der Waals surface area contributed by atoms with Crippen molar-refractivity contribution in [2.45, 2.75) is 78.6 Å². The molecule has 198 valence electrons. The first-order chi connectivity index (χ1) is 17.7. The van der Waals surface area contributed by atoms with Crippen LogP contribution < -0.4 is 10.0 Å². The number of nitrogens with zero attached hydrogens (tertiary/aromatic N) is 2. The summed E-state index contributed by atoms with van der Waals surface area (Å²) in [6.45, 7) is 20.4. The summed E-state index contributed by atoms with van der Waals surface area (Å²) in [7, 11) is 0. The van der Waals surface area contributed by atoms with E-state index in [1.165, 1.54) is 16.7 Å². The molecule has 2 nitrogen and oxygen atoms in total. The van der Waals surface area contributed by atoms with Crippen LogP contribution in [0.1, 0.15) is 79.0 Å². The van der Waals surface area contributed by atoms with Gasteiger partial charge in [-0.1, -0.05) is 117 Å². The summed E-state index contributed by atoms with van der Waals surface area (Å²) >= 11 is 0. The lowest BCUT2D eigenvalue weighted by atomic mass is 9.86. The first-order valence-electron chi connectivity index (χ1n) is 13.7. The molecule has 0 heterocycles. The highest BCUT2D eigenvalue weighted by Gasteiger charge is 2.24. The molecule has 0 bridgehead atoms. The van der Waals surface area contributed by atoms with Crippen molar-refractivity contribution >= 4 is 22.7 Å². The second-order valence-electron chi connectivity index (χ2n) is 13.3. The van der Waals surface area contributed by atoms with Crippen molar-refractivity contribution in [3.8, 4) is 0 Å². The van der Waals surface area contributed by atoms with Crippen LogP contribution in [-0.4, -0.2) is 0 Å². The van der Waals surface area contributed by atoms with Crippen LogP contribution in [0.3, 0.4) is 0 Å². The molecule has 0 unspecified atom stereocenters. The lowest BCUT2D eigenvalue weighted by Crippen LogP contribution is -2.36. The molecule has 0 saturated carbocycles. The van der Waals surface area contributed by atoms with Crippen molar-refractivity contribution in [1.29, 1.82) is 0 Å². The average Bonchev–Trinajstić information content (AvgIpc) is 2.86. The van der Waals surface area contributed by atoms with E-state index in [9.17, 15) is 0 Å². The van der Waals surface area contributed by atoms with Gasteiger partial charge in [0.1, 0.15) is 0 Å². The first kappa shape index (κ1) is 27.5. The van der Waals surface area contributed by atoms with Gasteiger partial charge in [0.25, 0.3) is 0 Å². The molecular formula is C36H44N2. The molecule has 0 radical (unpaired) electrons. The quantitative estimate of drug-likeness (QED) is 0.249. The summed E-state index contributed by atoms with van der Waals surface area (Å²) < 4.78 is 0. The summed E-state index contributed by atoms with van der Waals surface area (Å²) in [6.07, 6.45) is 0. The fourth-order valence-corrected chi connectivity index (χ4v) is 4.64. The normalized spacial score (nSPS) is 12.3. The number of para-hydroxylation sites is 1. The fourth-order valence-electron chi connectivity index (χ4n) is 4.64. The molecule has 4 aromatic carbocycles. The zero-order valence-electron chi connectivity index (χ0n) is 24.7. The van der Waals surface area contributed by atoms with Crippen LogP contribution in [0.2, 0.25) is 0 Å². The fraction of sp³-hybridized carbons (Fsp3) is 0.333. The largest absolute Gasteiger partial charge is 0.249 e. The Labute approximate surface area is 230 Å². The molecule has 38 heavy (non-hydrogen) atoms. The van der Waals surface area contributed by atoms with Crippen molar-refractivity contribution in [3.63, 3.8) is 0 Å². The molecule has 0 atom stereocenters. The van der Waals surface area contributed by atoms with Gasteiger partial charge in [-0.25, -0.2) is 10.0 Å². The third kappa shape index (κ3) is 6.13. The number of hydrogen-bond donors (Lipinski definition) is 0. The number of hydrogen-bond acceptors (Lipinski definition) is 2. The van der Waals surface area contributed by atoms with Crippen molar-refractivity contribution in [3.05, 3.63) is 120 Å². The summed E-state index contributed by atoms with van der Waals surface area (Å²) in [5.41, 5.74) is 8.72. The number of benzene rings is 4. The maximum absolute atomic E-state index is 2.33. The Morgan fingerprint density at radius 3 is 0.789 bits per heavy atom. The van der Waals surface area contributed by atoms with Gasteiger partial charge >= 0.3 is 0 Å². The highest BCUT2D eigenvalue weighted by atomic mass is 15.6. The zero-order chi connectivity index (χ0) is 27.7. The average molecular weight is 505 g/mol. The monoisotopic (exact) mass is 504 g/mol. The minimum absolute atomic E-state index is 0.0968. The second kappa shape index (κ2) is 10.3. The van der Waals surface area contributed by atoms with Crippen LogP contribution >= 0.6 is 0 Å². The predicted molar refractivity (Wildman–Crippen MR) is 166 cm³/mol. The Bertz CT molecular complexity index is 1260. The minimum atomic E-state index is 0.0968. The highest BCUT2D eigenvalue weighted by Crippen LogP contribution is 2.39. The first-order valence-corrected chi connectivity index (χ1v) is 13.7. The highest BCUT2D eigenvalue weighted by molar-refractivity contribution is 5.77. The van der Waals surface area contributed by atoms with Gasteiger partial charge in [-0.05, 0) is 81.5 Å². The third-order valence-electron chi connectivity index (χ3n) is 7.13. The van der Waals surface area contributed by atoms with Gasteiger partial charge < -0.3 is 0 Å². The maximum Gasteiger partial charge on any atom is 0.0637 e. The second-order valence-corrected chi connectivity index (χ2v) is 13.3. The molecule has 0 spiro atoms. The van der Waals surface area contributed by atoms with E-state index in [-0.39, 0.29) is 16.2 Å². The molecular weight excluding hydrogens is 460 g/mol. The van der Waals surface area contributed by atoms with Gasteiger partial charge in [-0.2, -0.15) is 0 Å². The van der Waals surface area contributed by atoms with Gasteiger partial charge in [0.2, 0.25) is 0 Å². The Morgan fingerprint density at radius 1 is 0.316 bits per heavy atom. The van der Waals surface area contributed by atoms with Crippen LogP contribution in [0.25, 0.3) is 0 Å². The Balaban J connectivity index is 1.91. The zero-order valence-corrected chi connectivity index (χ0v) is 24.7. The van der Waals surface area contributed by atoms with Gasteiger partial charge in [-0.3, -0.25) is 0 Å². The molecule has 0 N–H and O–H groups in total. The lowest BCUT2D eigenvalue weighted by Gasteiger charge is -2.39. The van der Waals surface area contributed by atoms with E-state index in [0.29, 0.717) is 0 Å². The van der Waals surface area contributed by atoms with Crippen LogP contribution in [0.5, 0.6) is 0 Å². The van der Waals surface area contributed by atoms with Crippen molar-refractivity contribution in [1.82, 2.24) is 0 Å². The molecule has 0 aliphatic heterocycles. The van der Waals surface area contributed by atoms with E-state index in [0.717, 1.165) is 22.7 Å². The molecule has 0 amide bonds. The van der Waals surface area contributed by atoms with Gasteiger partial charge in [0, 0.05) is 0 Å². The molecule has 0 aliphatic rings. The van der Waals surface area contributed by atoms with Crippen LogP contribution in [-0.2, 0) is 16.2 Å². The molecule has 0 aromatic heterocycles. The van der Waals surface area contributed by atoms with Crippen LogP contribution in [0, 0.1) is 0 Å². The van der Waals surface area contributed by atoms with Crippen molar-refractivity contribution in [2.24, 2.45) is 0 Å². The van der Waals surface area contributed by atoms with Crippen LogP contribution in [0.4, 0.5) is 22.7 Å². The summed E-state index contributed by atoms with van der Waals surface area (Å²) in [5, 5.41) is 4.66. The van der Waals surface area contributed by atoms with Crippen molar-refractivity contribution in [2.75, 3.05) is 10.0 Å². The van der Waals surface area contributed by atoms with Gasteiger partial charge in [0.05, 0.1) is 22.7 Å². The Kier molecular flexibility index (Phi) is 7.48. The molecule has 4 rings (SSSR count). The van der Waals surface area contributed by atoms with Gasteiger partial charge in [0.15, 0.2) is 0 Å². The number of hydrazine groups is 1. The minimum Gasteiger partial charge on any atom is -0.249 e. The standard InChI is InChI=1S/C36H44N2/c1-34(2,3)27-15-21-31(22-16-27)37(30-13-11-10-12-14-30)38(32-23-17-28(18-24-32)35(4,5)6)33-25-19-29(20-26-33)36(7,8)9/h10-26H,1-9H3. The lowest BCUT2D eigenvalue weighted by molar-refractivity contribution is 0.589. The van der Waals surface area contributed by atoms with E-state index in [2.05, 4.69) is 175 Å². The van der Waals surface area contributed by atoms with Gasteiger partial charge in [-0.15, -0.1) is 0 Å². The number of rotatable bonds is 5. The van der Waals surface area contributed by atoms with E-state index < -0.39 is 0 Å².